The number of aliphatic hydroxyl groups is 1. The Morgan fingerprint density at radius 1 is 1.33 bits per heavy atom. The minimum absolute atomic E-state index is 0.229. The quantitative estimate of drug-likeness (QED) is 0.846. The molecule has 5 heteroatoms. The first-order chi connectivity index (χ1) is 8.50. The topological polar surface area (TPSA) is 60.8 Å². The number of benzene rings is 1. The highest BCUT2D eigenvalue weighted by atomic mass is 19.1. The first-order valence-electron chi connectivity index (χ1n) is 5.94. The summed E-state index contributed by atoms with van der Waals surface area (Å²) in [6.45, 7) is 0.584. The van der Waals surface area contributed by atoms with E-state index in [0.29, 0.717) is 31.5 Å². The zero-order valence-electron chi connectivity index (χ0n) is 9.97. The molecule has 0 bridgehead atoms. The highest BCUT2D eigenvalue weighted by Gasteiger charge is 2.34. The molecule has 1 aliphatic heterocycles. The molecule has 1 heterocycles. The molecule has 2 rings (SSSR count). The van der Waals surface area contributed by atoms with Crippen LogP contribution in [0.5, 0.6) is 0 Å². The standard InChI is InChI=1S/C13H16FNO3/c14-11-4-2-1-3-10(11)9-13(18)5-7-15(8-6-13)12(16)17/h1-4,18H,5-9H2,(H,16,17). The fraction of sp³-hybridized carbons (Fsp3) is 0.462. The summed E-state index contributed by atoms with van der Waals surface area (Å²) in [5.41, 5.74) is -0.530. The number of carboxylic acid groups (broad SMARTS) is 1. The Bertz CT molecular complexity index is 442. The van der Waals surface area contributed by atoms with Crippen molar-refractivity contribution in [1.82, 2.24) is 4.90 Å². The molecule has 1 fully saturated rings. The third-order valence-electron chi connectivity index (χ3n) is 3.44. The summed E-state index contributed by atoms with van der Waals surface area (Å²) >= 11 is 0. The second-order valence-electron chi connectivity index (χ2n) is 4.76. The van der Waals surface area contributed by atoms with E-state index in [0.717, 1.165) is 0 Å². The summed E-state index contributed by atoms with van der Waals surface area (Å²) in [6.07, 6.45) is -0.0584. The summed E-state index contributed by atoms with van der Waals surface area (Å²) in [5.74, 6) is -0.327. The van der Waals surface area contributed by atoms with E-state index in [-0.39, 0.29) is 12.2 Å². The molecule has 2 N–H and O–H groups in total. The Morgan fingerprint density at radius 2 is 1.94 bits per heavy atom. The van der Waals surface area contributed by atoms with Gasteiger partial charge in [-0.05, 0) is 24.5 Å². The van der Waals surface area contributed by atoms with E-state index in [9.17, 15) is 14.3 Å². The zero-order valence-corrected chi connectivity index (χ0v) is 9.97. The van der Waals surface area contributed by atoms with E-state index in [1.165, 1.54) is 11.0 Å². The Labute approximate surface area is 105 Å². The summed E-state index contributed by atoms with van der Waals surface area (Å²) < 4.78 is 13.5. The number of likely N-dealkylation sites (tertiary alicyclic amines) is 1. The molecule has 98 valence electrons. The second-order valence-corrected chi connectivity index (χ2v) is 4.76. The van der Waals surface area contributed by atoms with Crippen LogP contribution >= 0.6 is 0 Å². The Balaban J connectivity index is 2.02. The van der Waals surface area contributed by atoms with Gasteiger partial charge in [0, 0.05) is 19.5 Å². The summed E-state index contributed by atoms with van der Waals surface area (Å²) in [7, 11) is 0. The van der Waals surface area contributed by atoms with Gasteiger partial charge in [-0.3, -0.25) is 0 Å². The molecule has 0 aromatic heterocycles. The average molecular weight is 253 g/mol. The minimum Gasteiger partial charge on any atom is -0.465 e. The van der Waals surface area contributed by atoms with E-state index in [4.69, 9.17) is 5.11 Å². The van der Waals surface area contributed by atoms with Crippen molar-refractivity contribution >= 4 is 6.09 Å². The lowest BCUT2D eigenvalue weighted by Crippen LogP contribution is -2.47. The minimum atomic E-state index is -1.01. The van der Waals surface area contributed by atoms with Gasteiger partial charge < -0.3 is 15.1 Å². The Kier molecular flexibility index (Phi) is 3.52. The third kappa shape index (κ3) is 2.79. The van der Waals surface area contributed by atoms with Gasteiger partial charge in [-0.2, -0.15) is 0 Å². The van der Waals surface area contributed by atoms with Crippen LogP contribution < -0.4 is 0 Å². The van der Waals surface area contributed by atoms with E-state index >= 15 is 0 Å². The highest BCUT2D eigenvalue weighted by molar-refractivity contribution is 5.65. The maximum atomic E-state index is 13.5. The van der Waals surface area contributed by atoms with Crippen LogP contribution in [0.15, 0.2) is 24.3 Å². The lowest BCUT2D eigenvalue weighted by Gasteiger charge is -2.37. The van der Waals surface area contributed by atoms with Gasteiger partial charge >= 0.3 is 6.09 Å². The molecule has 0 unspecified atom stereocenters. The lowest BCUT2D eigenvalue weighted by molar-refractivity contribution is -0.0168. The molecule has 1 aromatic rings. The van der Waals surface area contributed by atoms with Crippen molar-refractivity contribution in [3.63, 3.8) is 0 Å². The predicted octanol–water partition coefficient (Wildman–Crippen LogP) is 1.87. The van der Waals surface area contributed by atoms with E-state index < -0.39 is 11.7 Å². The van der Waals surface area contributed by atoms with Crippen LogP contribution in [0.25, 0.3) is 0 Å². The molecule has 18 heavy (non-hydrogen) atoms. The molecule has 0 spiro atoms. The van der Waals surface area contributed by atoms with Gasteiger partial charge in [0.15, 0.2) is 0 Å². The molecule has 4 nitrogen and oxygen atoms in total. The summed E-state index contributed by atoms with van der Waals surface area (Å²) in [4.78, 5) is 12.0. The molecule has 1 amide bonds. The average Bonchev–Trinajstić information content (AvgIpc) is 2.32. The molecule has 0 radical (unpaired) electrons. The van der Waals surface area contributed by atoms with Gasteiger partial charge in [0.25, 0.3) is 0 Å². The van der Waals surface area contributed by atoms with Crippen molar-refractivity contribution in [3.8, 4) is 0 Å². The molecule has 0 atom stereocenters. The molecule has 1 aromatic carbocycles. The maximum Gasteiger partial charge on any atom is 0.407 e. The van der Waals surface area contributed by atoms with Crippen LogP contribution in [0.2, 0.25) is 0 Å². The van der Waals surface area contributed by atoms with E-state index in [1.54, 1.807) is 18.2 Å². The van der Waals surface area contributed by atoms with Crippen molar-refractivity contribution in [2.24, 2.45) is 0 Å². The van der Waals surface area contributed by atoms with Gasteiger partial charge in [0.05, 0.1) is 5.60 Å². The number of amides is 1. The first kappa shape index (κ1) is 12.8. The number of carbonyl (C=O) groups is 1. The zero-order chi connectivity index (χ0) is 13.2. The number of halogens is 1. The fourth-order valence-electron chi connectivity index (χ4n) is 2.29. The molecule has 0 saturated carbocycles. The van der Waals surface area contributed by atoms with Crippen LogP contribution in [0, 0.1) is 5.82 Å². The lowest BCUT2D eigenvalue weighted by atomic mass is 9.85. The van der Waals surface area contributed by atoms with Gasteiger partial charge in [0.1, 0.15) is 5.82 Å². The van der Waals surface area contributed by atoms with Crippen molar-refractivity contribution in [3.05, 3.63) is 35.6 Å². The predicted molar refractivity (Wildman–Crippen MR) is 63.9 cm³/mol. The van der Waals surface area contributed by atoms with Gasteiger partial charge in [-0.1, -0.05) is 18.2 Å². The van der Waals surface area contributed by atoms with Crippen molar-refractivity contribution in [1.29, 1.82) is 0 Å². The molecule has 1 saturated heterocycles. The molecular weight excluding hydrogens is 237 g/mol. The SMILES string of the molecule is O=C(O)N1CCC(O)(Cc2ccccc2F)CC1. The number of piperidine rings is 1. The number of hydrogen-bond acceptors (Lipinski definition) is 2. The molecule has 0 aliphatic carbocycles. The Hall–Kier alpha value is -1.62. The monoisotopic (exact) mass is 253 g/mol. The summed E-state index contributed by atoms with van der Waals surface area (Å²) in [5, 5.41) is 19.2. The maximum absolute atomic E-state index is 13.5. The normalized spacial score (nSPS) is 18.7. The second kappa shape index (κ2) is 4.94. The Morgan fingerprint density at radius 3 is 2.50 bits per heavy atom. The van der Waals surface area contributed by atoms with Crippen LogP contribution in [0.1, 0.15) is 18.4 Å². The largest absolute Gasteiger partial charge is 0.465 e. The fourth-order valence-corrected chi connectivity index (χ4v) is 2.29. The molecular formula is C13H16FNO3. The highest BCUT2D eigenvalue weighted by Crippen LogP contribution is 2.27. The van der Waals surface area contributed by atoms with E-state index in [1.807, 2.05) is 0 Å². The van der Waals surface area contributed by atoms with Crippen molar-refractivity contribution in [2.45, 2.75) is 24.9 Å². The van der Waals surface area contributed by atoms with Gasteiger partial charge in [0.2, 0.25) is 0 Å². The van der Waals surface area contributed by atoms with Crippen molar-refractivity contribution in [2.75, 3.05) is 13.1 Å². The van der Waals surface area contributed by atoms with Crippen LogP contribution in [-0.2, 0) is 6.42 Å². The van der Waals surface area contributed by atoms with Gasteiger partial charge in [-0.15, -0.1) is 0 Å². The van der Waals surface area contributed by atoms with Gasteiger partial charge in [-0.25, -0.2) is 9.18 Å². The third-order valence-corrected chi connectivity index (χ3v) is 3.44. The summed E-state index contributed by atoms with van der Waals surface area (Å²) in [6, 6.07) is 6.35. The van der Waals surface area contributed by atoms with Crippen LogP contribution in [0.4, 0.5) is 9.18 Å². The number of rotatable bonds is 2. The smallest absolute Gasteiger partial charge is 0.407 e. The van der Waals surface area contributed by atoms with Crippen LogP contribution in [-0.4, -0.2) is 39.9 Å². The van der Waals surface area contributed by atoms with Crippen molar-refractivity contribution < 1.29 is 19.4 Å². The van der Waals surface area contributed by atoms with Crippen LogP contribution in [0.3, 0.4) is 0 Å². The number of nitrogens with zero attached hydrogens (tertiary/aromatic N) is 1. The molecule has 1 aliphatic rings. The first-order valence-corrected chi connectivity index (χ1v) is 5.94. The number of hydrogen-bond donors (Lipinski definition) is 2. The van der Waals surface area contributed by atoms with E-state index in [2.05, 4.69) is 0 Å².